The zero-order chi connectivity index (χ0) is 19.3. The number of aromatic nitrogens is 2. The van der Waals surface area contributed by atoms with Gasteiger partial charge in [-0.2, -0.15) is 0 Å². The Kier molecular flexibility index (Phi) is 5.20. The minimum absolute atomic E-state index is 0.776. The molecular weight excluding hydrogens is 348 g/mol. The summed E-state index contributed by atoms with van der Waals surface area (Å²) in [6.07, 6.45) is 4.10. The SMILES string of the molecule is COc1cc(-c2cc(OC)cn2Cc2ccccc2)n(Cc2ccccc2)c1. The van der Waals surface area contributed by atoms with Crippen molar-refractivity contribution >= 4 is 0 Å². The van der Waals surface area contributed by atoms with Gasteiger partial charge in [-0.1, -0.05) is 60.7 Å². The highest BCUT2D eigenvalue weighted by Crippen LogP contribution is 2.32. The molecule has 0 saturated carbocycles. The van der Waals surface area contributed by atoms with E-state index in [2.05, 4.69) is 82.2 Å². The van der Waals surface area contributed by atoms with E-state index in [9.17, 15) is 0 Å². The van der Waals surface area contributed by atoms with Crippen LogP contribution in [0.15, 0.2) is 85.2 Å². The number of benzene rings is 2. The Morgan fingerprint density at radius 2 is 1.00 bits per heavy atom. The van der Waals surface area contributed by atoms with Gasteiger partial charge in [-0.25, -0.2) is 0 Å². The fourth-order valence-electron chi connectivity index (χ4n) is 3.44. The molecule has 0 fully saturated rings. The van der Waals surface area contributed by atoms with Crippen LogP contribution in [0.1, 0.15) is 11.1 Å². The van der Waals surface area contributed by atoms with Crippen molar-refractivity contribution in [2.75, 3.05) is 14.2 Å². The van der Waals surface area contributed by atoms with E-state index in [1.165, 1.54) is 11.1 Å². The first kappa shape index (κ1) is 18.0. The van der Waals surface area contributed by atoms with Crippen molar-refractivity contribution in [1.29, 1.82) is 0 Å². The van der Waals surface area contributed by atoms with Crippen molar-refractivity contribution in [3.8, 4) is 22.9 Å². The molecule has 2 heterocycles. The van der Waals surface area contributed by atoms with Crippen molar-refractivity contribution in [3.05, 3.63) is 96.3 Å². The van der Waals surface area contributed by atoms with Crippen LogP contribution in [-0.2, 0) is 13.1 Å². The van der Waals surface area contributed by atoms with E-state index >= 15 is 0 Å². The van der Waals surface area contributed by atoms with E-state index in [1.54, 1.807) is 14.2 Å². The van der Waals surface area contributed by atoms with Crippen molar-refractivity contribution < 1.29 is 9.47 Å². The molecule has 28 heavy (non-hydrogen) atoms. The first-order chi connectivity index (χ1) is 13.8. The number of methoxy groups -OCH3 is 2. The molecule has 0 amide bonds. The molecule has 0 aliphatic rings. The van der Waals surface area contributed by atoms with E-state index in [-0.39, 0.29) is 0 Å². The highest BCUT2D eigenvalue weighted by molar-refractivity contribution is 5.62. The molecule has 0 saturated heterocycles. The Bertz CT molecular complexity index is 947. The molecule has 0 unspecified atom stereocenters. The van der Waals surface area contributed by atoms with Crippen LogP contribution in [0, 0.1) is 0 Å². The van der Waals surface area contributed by atoms with E-state index in [4.69, 9.17) is 9.47 Å². The molecule has 0 N–H and O–H groups in total. The molecular formula is C24H24N2O2. The predicted molar refractivity (Wildman–Crippen MR) is 112 cm³/mol. The van der Waals surface area contributed by atoms with Crippen molar-refractivity contribution in [1.82, 2.24) is 9.13 Å². The third kappa shape index (κ3) is 3.81. The average molecular weight is 372 g/mol. The van der Waals surface area contributed by atoms with Crippen LogP contribution in [0.4, 0.5) is 0 Å². The van der Waals surface area contributed by atoms with E-state index in [0.29, 0.717) is 0 Å². The summed E-state index contributed by atoms with van der Waals surface area (Å²) in [5.41, 5.74) is 4.69. The van der Waals surface area contributed by atoms with Crippen LogP contribution in [0.25, 0.3) is 11.4 Å². The minimum Gasteiger partial charge on any atom is -0.495 e. The summed E-state index contributed by atoms with van der Waals surface area (Å²) in [5, 5.41) is 0. The molecule has 0 bridgehead atoms. The Labute approximate surface area is 165 Å². The molecule has 2 aromatic carbocycles. The third-order valence-corrected chi connectivity index (χ3v) is 4.87. The molecule has 0 aliphatic heterocycles. The van der Waals surface area contributed by atoms with Gasteiger partial charge in [-0.15, -0.1) is 0 Å². The van der Waals surface area contributed by atoms with Gasteiger partial charge in [0.1, 0.15) is 11.5 Å². The van der Waals surface area contributed by atoms with Gasteiger partial charge >= 0.3 is 0 Å². The molecule has 4 heteroatoms. The van der Waals surface area contributed by atoms with Gasteiger partial charge in [0, 0.05) is 37.6 Å². The quantitative estimate of drug-likeness (QED) is 0.453. The molecule has 0 spiro atoms. The van der Waals surface area contributed by atoms with E-state index in [1.807, 2.05) is 12.1 Å². The summed E-state index contributed by atoms with van der Waals surface area (Å²) in [6.45, 7) is 1.55. The van der Waals surface area contributed by atoms with Crippen LogP contribution < -0.4 is 9.47 Å². The van der Waals surface area contributed by atoms with Crippen LogP contribution in [0.5, 0.6) is 11.5 Å². The Balaban J connectivity index is 1.75. The topological polar surface area (TPSA) is 28.3 Å². The second-order valence-electron chi connectivity index (χ2n) is 6.76. The summed E-state index contributed by atoms with van der Waals surface area (Å²) >= 11 is 0. The number of nitrogens with zero attached hydrogens (tertiary/aromatic N) is 2. The normalized spacial score (nSPS) is 10.8. The Morgan fingerprint density at radius 3 is 1.36 bits per heavy atom. The zero-order valence-corrected chi connectivity index (χ0v) is 16.2. The van der Waals surface area contributed by atoms with Gasteiger partial charge < -0.3 is 18.6 Å². The minimum atomic E-state index is 0.776. The Morgan fingerprint density at radius 1 is 0.607 bits per heavy atom. The number of hydrogen-bond acceptors (Lipinski definition) is 2. The monoisotopic (exact) mass is 372 g/mol. The largest absolute Gasteiger partial charge is 0.495 e. The maximum absolute atomic E-state index is 5.52. The fraction of sp³-hybridized carbons (Fsp3) is 0.167. The summed E-state index contributed by atoms with van der Waals surface area (Å²) in [5.74, 6) is 1.69. The lowest BCUT2D eigenvalue weighted by Gasteiger charge is -2.12. The molecule has 142 valence electrons. The highest BCUT2D eigenvalue weighted by atomic mass is 16.5. The summed E-state index contributed by atoms with van der Waals surface area (Å²) in [6, 6.07) is 25.1. The van der Waals surface area contributed by atoms with E-state index < -0.39 is 0 Å². The number of rotatable bonds is 7. The van der Waals surface area contributed by atoms with Crippen LogP contribution in [0.2, 0.25) is 0 Å². The van der Waals surface area contributed by atoms with Crippen molar-refractivity contribution in [2.24, 2.45) is 0 Å². The van der Waals surface area contributed by atoms with Gasteiger partial charge in [-0.05, 0) is 11.1 Å². The predicted octanol–water partition coefficient (Wildman–Crippen LogP) is 5.07. The molecule has 4 nitrogen and oxygen atoms in total. The highest BCUT2D eigenvalue weighted by Gasteiger charge is 2.15. The van der Waals surface area contributed by atoms with Crippen LogP contribution in [0.3, 0.4) is 0 Å². The second kappa shape index (κ2) is 8.09. The average Bonchev–Trinajstić information content (AvgIpc) is 3.33. The summed E-state index contributed by atoms with van der Waals surface area (Å²) in [4.78, 5) is 0. The van der Waals surface area contributed by atoms with Crippen LogP contribution >= 0.6 is 0 Å². The first-order valence-electron chi connectivity index (χ1n) is 9.33. The first-order valence-corrected chi connectivity index (χ1v) is 9.33. The maximum Gasteiger partial charge on any atom is 0.137 e. The second-order valence-corrected chi connectivity index (χ2v) is 6.76. The van der Waals surface area contributed by atoms with Crippen molar-refractivity contribution in [3.63, 3.8) is 0 Å². The lowest BCUT2D eigenvalue weighted by molar-refractivity contribution is 0.414. The molecule has 2 aromatic heterocycles. The van der Waals surface area contributed by atoms with E-state index in [0.717, 1.165) is 36.0 Å². The fourth-order valence-corrected chi connectivity index (χ4v) is 3.44. The lowest BCUT2D eigenvalue weighted by atomic mass is 10.2. The van der Waals surface area contributed by atoms with Crippen molar-refractivity contribution in [2.45, 2.75) is 13.1 Å². The van der Waals surface area contributed by atoms with Gasteiger partial charge in [-0.3, -0.25) is 0 Å². The molecule has 0 aliphatic carbocycles. The summed E-state index contributed by atoms with van der Waals surface area (Å²) < 4.78 is 15.5. The van der Waals surface area contributed by atoms with Gasteiger partial charge in [0.05, 0.1) is 25.6 Å². The van der Waals surface area contributed by atoms with Gasteiger partial charge in [0.25, 0.3) is 0 Å². The smallest absolute Gasteiger partial charge is 0.137 e. The van der Waals surface area contributed by atoms with Gasteiger partial charge in [0.2, 0.25) is 0 Å². The van der Waals surface area contributed by atoms with Gasteiger partial charge in [0.15, 0.2) is 0 Å². The third-order valence-electron chi connectivity index (χ3n) is 4.87. The molecule has 0 radical (unpaired) electrons. The lowest BCUT2D eigenvalue weighted by Crippen LogP contribution is -2.05. The van der Waals surface area contributed by atoms with Crippen LogP contribution in [-0.4, -0.2) is 23.4 Å². The number of ether oxygens (including phenoxy) is 2. The molecule has 0 atom stereocenters. The zero-order valence-electron chi connectivity index (χ0n) is 16.2. The molecule has 4 rings (SSSR count). The summed E-state index contributed by atoms with van der Waals surface area (Å²) in [7, 11) is 3.41. The maximum atomic E-state index is 5.52. The standard InChI is InChI=1S/C24H24N2O2/c1-27-21-13-23(25(17-21)15-19-9-5-3-6-10-19)24-14-22(28-2)18-26(24)16-20-11-7-4-8-12-20/h3-14,17-18H,15-16H2,1-2H3. The Hall–Kier alpha value is -3.40. The molecule has 4 aromatic rings. The number of hydrogen-bond donors (Lipinski definition) is 0.